The van der Waals surface area contributed by atoms with Crippen molar-refractivity contribution < 1.29 is 4.79 Å². The molecule has 0 saturated carbocycles. The molecule has 1 N–H and O–H groups in total. The van der Waals surface area contributed by atoms with Gasteiger partial charge in [-0.25, -0.2) is 0 Å². The third kappa shape index (κ3) is 4.69. The van der Waals surface area contributed by atoms with Crippen molar-refractivity contribution in [3.8, 4) is 0 Å². The molecule has 3 unspecified atom stereocenters. The van der Waals surface area contributed by atoms with E-state index in [1.807, 2.05) is 7.05 Å². The molecule has 0 aromatic rings. The summed E-state index contributed by atoms with van der Waals surface area (Å²) in [6, 6.07) is 0.0581. The second-order valence-electron chi connectivity index (χ2n) is 7.74. The van der Waals surface area contributed by atoms with Crippen LogP contribution in [0.5, 0.6) is 0 Å². The number of carbonyl (C=O) groups is 1. The van der Waals surface area contributed by atoms with Crippen LogP contribution in [0.4, 0.5) is 0 Å². The fourth-order valence-corrected chi connectivity index (χ4v) is 4.24. The van der Waals surface area contributed by atoms with E-state index in [4.69, 9.17) is 0 Å². The van der Waals surface area contributed by atoms with E-state index in [-0.39, 0.29) is 6.04 Å². The second kappa shape index (κ2) is 8.30. The minimum Gasteiger partial charge on any atom is -0.341 e. The van der Waals surface area contributed by atoms with E-state index < -0.39 is 0 Å². The molecule has 0 aromatic carbocycles. The first-order chi connectivity index (χ1) is 10.5. The van der Waals surface area contributed by atoms with Crippen molar-refractivity contribution in [3.63, 3.8) is 0 Å². The molecule has 2 aliphatic heterocycles. The molecule has 0 spiro atoms. The van der Waals surface area contributed by atoms with Gasteiger partial charge >= 0.3 is 0 Å². The molecule has 0 bridgehead atoms. The zero-order valence-electron chi connectivity index (χ0n) is 15.0. The maximum absolute atomic E-state index is 12.8. The Balaban J connectivity index is 1.81. The van der Waals surface area contributed by atoms with Crippen molar-refractivity contribution in [2.75, 3.05) is 39.8 Å². The van der Waals surface area contributed by atoms with Crippen LogP contribution in [0.2, 0.25) is 0 Å². The minimum atomic E-state index is 0.0581. The van der Waals surface area contributed by atoms with E-state index >= 15 is 0 Å². The van der Waals surface area contributed by atoms with Gasteiger partial charge < -0.3 is 10.2 Å². The summed E-state index contributed by atoms with van der Waals surface area (Å²) in [5, 5.41) is 3.24. The number of likely N-dealkylation sites (tertiary alicyclic amines) is 2. The molecule has 2 rings (SSSR count). The summed E-state index contributed by atoms with van der Waals surface area (Å²) in [5.74, 6) is 2.48. The Morgan fingerprint density at radius 3 is 2.32 bits per heavy atom. The highest BCUT2D eigenvalue weighted by Crippen LogP contribution is 2.25. The third-order valence-corrected chi connectivity index (χ3v) is 5.54. The predicted octanol–water partition coefficient (Wildman–Crippen LogP) is 2.20. The van der Waals surface area contributed by atoms with Crippen molar-refractivity contribution in [1.82, 2.24) is 15.1 Å². The molecule has 2 aliphatic rings. The molecule has 4 nitrogen and oxygen atoms in total. The fraction of sp³-hybridized carbons (Fsp3) is 0.944. The van der Waals surface area contributed by atoms with Crippen LogP contribution in [0.25, 0.3) is 0 Å². The number of carbonyl (C=O) groups excluding carboxylic acids is 1. The first-order valence-electron chi connectivity index (χ1n) is 9.18. The van der Waals surface area contributed by atoms with E-state index in [0.29, 0.717) is 17.7 Å². The molecule has 1 amide bonds. The van der Waals surface area contributed by atoms with Crippen LogP contribution >= 0.6 is 0 Å². The van der Waals surface area contributed by atoms with Gasteiger partial charge in [0, 0.05) is 13.1 Å². The molecule has 2 saturated heterocycles. The molecule has 0 aromatic heterocycles. The van der Waals surface area contributed by atoms with Crippen LogP contribution in [-0.2, 0) is 4.79 Å². The molecule has 2 heterocycles. The number of piperidine rings is 2. The Morgan fingerprint density at radius 1 is 1.18 bits per heavy atom. The largest absolute Gasteiger partial charge is 0.341 e. The Hall–Kier alpha value is -0.610. The van der Waals surface area contributed by atoms with Crippen molar-refractivity contribution in [2.45, 2.75) is 52.5 Å². The Kier molecular flexibility index (Phi) is 6.69. The smallest absolute Gasteiger partial charge is 0.239 e. The SMILES string of the molecule is CNCCC1CCN(C(C)C(=O)N2CC(C)CC(C)C2)CC1. The van der Waals surface area contributed by atoms with E-state index in [9.17, 15) is 4.79 Å². The van der Waals surface area contributed by atoms with Gasteiger partial charge in [-0.2, -0.15) is 0 Å². The van der Waals surface area contributed by atoms with E-state index in [1.165, 1.54) is 25.7 Å². The van der Waals surface area contributed by atoms with Crippen LogP contribution < -0.4 is 5.32 Å². The lowest BCUT2D eigenvalue weighted by Gasteiger charge is -2.40. The summed E-state index contributed by atoms with van der Waals surface area (Å²) in [5.41, 5.74) is 0. The quantitative estimate of drug-likeness (QED) is 0.846. The lowest BCUT2D eigenvalue weighted by Crippen LogP contribution is -2.53. The first-order valence-corrected chi connectivity index (χ1v) is 9.18. The van der Waals surface area contributed by atoms with Crippen LogP contribution in [0, 0.1) is 17.8 Å². The van der Waals surface area contributed by atoms with Gasteiger partial charge in [0.1, 0.15) is 0 Å². The zero-order valence-corrected chi connectivity index (χ0v) is 15.0. The molecule has 0 radical (unpaired) electrons. The number of rotatable bonds is 5. The lowest BCUT2D eigenvalue weighted by atomic mass is 9.90. The minimum absolute atomic E-state index is 0.0581. The normalized spacial score (nSPS) is 29.5. The van der Waals surface area contributed by atoms with Crippen LogP contribution in [0.15, 0.2) is 0 Å². The summed E-state index contributed by atoms with van der Waals surface area (Å²) in [6.07, 6.45) is 5.01. The van der Waals surface area contributed by atoms with Gasteiger partial charge in [0.15, 0.2) is 0 Å². The highest BCUT2D eigenvalue weighted by atomic mass is 16.2. The van der Waals surface area contributed by atoms with E-state index in [2.05, 4.69) is 35.9 Å². The van der Waals surface area contributed by atoms with Crippen molar-refractivity contribution >= 4 is 5.91 Å². The molecule has 22 heavy (non-hydrogen) atoms. The number of hydrogen-bond acceptors (Lipinski definition) is 3. The topological polar surface area (TPSA) is 35.6 Å². The number of nitrogens with one attached hydrogen (secondary N) is 1. The van der Waals surface area contributed by atoms with Gasteiger partial charge in [-0.05, 0) is 77.0 Å². The molecular weight excluding hydrogens is 274 g/mol. The molecule has 2 fully saturated rings. The summed E-state index contributed by atoms with van der Waals surface area (Å²) in [4.78, 5) is 17.3. The van der Waals surface area contributed by atoms with Crippen LogP contribution in [0.3, 0.4) is 0 Å². The summed E-state index contributed by atoms with van der Waals surface area (Å²) >= 11 is 0. The molecule has 3 atom stereocenters. The number of amides is 1. The average Bonchev–Trinajstić information content (AvgIpc) is 2.51. The fourth-order valence-electron chi connectivity index (χ4n) is 4.24. The predicted molar refractivity (Wildman–Crippen MR) is 91.8 cm³/mol. The standard InChI is InChI=1S/C18H35N3O/c1-14-11-15(2)13-21(12-14)18(22)16(3)20-9-6-17(7-10-20)5-8-19-4/h14-17,19H,5-13H2,1-4H3. The third-order valence-electron chi connectivity index (χ3n) is 5.54. The van der Waals surface area contributed by atoms with Gasteiger partial charge in [-0.1, -0.05) is 13.8 Å². The average molecular weight is 309 g/mol. The zero-order chi connectivity index (χ0) is 16.1. The van der Waals surface area contributed by atoms with Gasteiger partial charge in [-0.3, -0.25) is 9.69 Å². The summed E-state index contributed by atoms with van der Waals surface area (Å²) in [7, 11) is 2.02. The van der Waals surface area contributed by atoms with Crippen molar-refractivity contribution in [2.24, 2.45) is 17.8 Å². The van der Waals surface area contributed by atoms with E-state index in [0.717, 1.165) is 38.6 Å². The van der Waals surface area contributed by atoms with Gasteiger partial charge in [0.2, 0.25) is 5.91 Å². The summed E-state index contributed by atoms with van der Waals surface area (Å²) < 4.78 is 0. The maximum atomic E-state index is 12.8. The first kappa shape index (κ1) is 17.7. The molecule has 0 aliphatic carbocycles. The van der Waals surface area contributed by atoms with Crippen molar-refractivity contribution in [3.05, 3.63) is 0 Å². The molecule has 128 valence electrons. The lowest BCUT2D eigenvalue weighted by molar-refractivity contribution is -0.139. The maximum Gasteiger partial charge on any atom is 0.239 e. The number of hydrogen-bond donors (Lipinski definition) is 1. The molecule has 4 heteroatoms. The second-order valence-corrected chi connectivity index (χ2v) is 7.74. The van der Waals surface area contributed by atoms with Crippen molar-refractivity contribution in [1.29, 1.82) is 0 Å². The van der Waals surface area contributed by atoms with Gasteiger partial charge in [0.05, 0.1) is 6.04 Å². The van der Waals surface area contributed by atoms with Gasteiger partial charge in [0.25, 0.3) is 0 Å². The highest BCUT2D eigenvalue weighted by Gasteiger charge is 2.32. The Labute approximate surface area is 136 Å². The van der Waals surface area contributed by atoms with Crippen LogP contribution in [-0.4, -0.2) is 61.5 Å². The monoisotopic (exact) mass is 309 g/mol. The number of nitrogens with zero attached hydrogens (tertiary/aromatic N) is 2. The summed E-state index contributed by atoms with van der Waals surface area (Å²) in [6.45, 7) is 11.8. The highest BCUT2D eigenvalue weighted by molar-refractivity contribution is 5.81. The molecular formula is C18H35N3O. The Morgan fingerprint density at radius 2 is 1.77 bits per heavy atom. The Bertz CT molecular complexity index is 342. The van der Waals surface area contributed by atoms with E-state index in [1.54, 1.807) is 0 Å². The van der Waals surface area contributed by atoms with Gasteiger partial charge in [-0.15, -0.1) is 0 Å². The van der Waals surface area contributed by atoms with Crippen LogP contribution in [0.1, 0.15) is 46.5 Å².